The van der Waals surface area contributed by atoms with Gasteiger partial charge in [-0.25, -0.2) is 18.4 Å². The van der Waals surface area contributed by atoms with Crippen LogP contribution >= 0.6 is 34.8 Å². The van der Waals surface area contributed by atoms with Gasteiger partial charge in [-0.15, -0.1) is 0 Å². The first-order chi connectivity index (χ1) is 14.0. The van der Waals surface area contributed by atoms with E-state index in [2.05, 4.69) is 14.7 Å². The van der Waals surface area contributed by atoms with E-state index in [1.54, 1.807) is 31.1 Å². The van der Waals surface area contributed by atoms with Crippen molar-refractivity contribution >= 4 is 56.5 Å². The van der Waals surface area contributed by atoms with Gasteiger partial charge in [0, 0.05) is 14.1 Å². The number of aromatic nitrogens is 2. The Hall–Kier alpha value is -2.06. The zero-order valence-electron chi connectivity index (χ0n) is 16.4. The van der Waals surface area contributed by atoms with Crippen molar-refractivity contribution in [1.29, 1.82) is 0 Å². The van der Waals surface area contributed by atoms with E-state index in [9.17, 15) is 8.42 Å². The van der Waals surface area contributed by atoms with Gasteiger partial charge in [-0.05, 0) is 24.6 Å². The minimum Gasteiger partial charge on any atom is -0.362 e. The van der Waals surface area contributed by atoms with Crippen molar-refractivity contribution in [3.63, 3.8) is 0 Å². The number of halogens is 3. The summed E-state index contributed by atoms with van der Waals surface area (Å²) < 4.78 is 26.7. The molecule has 158 valence electrons. The van der Waals surface area contributed by atoms with Crippen molar-refractivity contribution in [2.24, 2.45) is 0 Å². The number of benzene rings is 2. The maximum atomic E-state index is 13.1. The molecular formula is C20H19Cl3N4O2S. The van der Waals surface area contributed by atoms with E-state index in [1.807, 2.05) is 37.3 Å². The van der Waals surface area contributed by atoms with Crippen molar-refractivity contribution in [1.82, 2.24) is 9.97 Å². The number of anilines is 2. The third-order valence-electron chi connectivity index (χ3n) is 4.19. The molecule has 0 aliphatic carbocycles. The largest absolute Gasteiger partial charge is 0.362 e. The fourth-order valence-electron chi connectivity index (χ4n) is 2.75. The molecule has 0 aliphatic rings. The van der Waals surface area contributed by atoms with Gasteiger partial charge in [0.1, 0.15) is 5.82 Å². The molecule has 0 aliphatic heterocycles. The molecule has 6 nitrogen and oxygen atoms in total. The molecule has 0 fully saturated rings. The summed E-state index contributed by atoms with van der Waals surface area (Å²) >= 11 is 18.1. The second-order valence-corrected chi connectivity index (χ2v) is 10.7. The lowest BCUT2D eigenvalue weighted by atomic mass is 10.1. The highest BCUT2D eigenvalue weighted by molar-refractivity contribution is 7.92. The van der Waals surface area contributed by atoms with E-state index in [4.69, 9.17) is 34.8 Å². The van der Waals surface area contributed by atoms with Gasteiger partial charge in [-0.2, -0.15) is 0 Å². The van der Waals surface area contributed by atoms with Crippen LogP contribution < -0.4 is 9.62 Å². The molecule has 0 bridgehead atoms. The summed E-state index contributed by atoms with van der Waals surface area (Å²) in [6, 6.07) is 15.6. The standard InChI is InChI=1S/C20H19Cl3N4O2S/c1-13-9-11-15(12-10-13)30(28,29)26-17-16(14-7-5-4-6-8-14)18(27(2)3)25-19(24-17)20(21,22)23/h4-12H,1-3H3,(H,24,25,26). The third kappa shape index (κ3) is 4.98. The second-order valence-electron chi connectivity index (χ2n) is 6.77. The minimum atomic E-state index is -3.95. The summed E-state index contributed by atoms with van der Waals surface area (Å²) in [5.74, 6) is 0.276. The average Bonchev–Trinajstić information content (AvgIpc) is 2.67. The molecule has 0 amide bonds. The summed E-state index contributed by atoms with van der Waals surface area (Å²) in [5.41, 5.74) is 2.11. The first-order valence-corrected chi connectivity index (χ1v) is 11.4. The predicted molar refractivity (Wildman–Crippen MR) is 123 cm³/mol. The molecule has 3 aromatic rings. The fraction of sp³-hybridized carbons (Fsp3) is 0.200. The molecule has 0 saturated carbocycles. The van der Waals surface area contributed by atoms with E-state index in [1.165, 1.54) is 12.1 Å². The lowest BCUT2D eigenvalue weighted by Crippen LogP contribution is -2.21. The number of hydrogen-bond donors (Lipinski definition) is 1. The zero-order chi connectivity index (χ0) is 22.1. The van der Waals surface area contributed by atoms with Crippen LogP contribution in [0.2, 0.25) is 0 Å². The molecule has 2 aromatic carbocycles. The average molecular weight is 486 g/mol. The highest BCUT2D eigenvalue weighted by atomic mass is 35.6. The molecule has 0 atom stereocenters. The summed E-state index contributed by atoms with van der Waals surface area (Å²) in [7, 11) is -0.435. The fourth-order valence-corrected chi connectivity index (χ4v) is 4.02. The quantitative estimate of drug-likeness (QED) is 0.506. The maximum absolute atomic E-state index is 13.1. The summed E-state index contributed by atoms with van der Waals surface area (Å²) in [4.78, 5) is 10.4. The number of nitrogens with one attached hydrogen (secondary N) is 1. The van der Waals surface area contributed by atoms with Gasteiger partial charge in [-0.1, -0.05) is 82.8 Å². The molecule has 1 heterocycles. The lowest BCUT2D eigenvalue weighted by Gasteiger charge is -2.22. The summed E-state index contributed by atoms with van der Waals surface area (Å²) in [6.45, 7) is 1.87. The van der Waals surface area contributed by atoms with Crippen LogP contribution in [0.1, 0.15) is 11.4 Å². The lowest BCUT2D eigenvalue weighted by molar-refractivity contribution is 0.601. The minimum absolute atomic E-state index is 0.0156. The van der Waals surface area contributed by atoms with Gasteiger partial charge in [0.05, 0.1) is 10.5 Å². The van der Waals surface area contributed by atoms with E-state index in [0.717, 1.165) is 5.56 Å². The third-order valence-corrected chi connectivity index (χ3v) is 6.05. The van der Waals surface area contributed by atoms with Crippen LogP contribution in [0, 0.1) is 6.92 Å². The van der Waals surface area contributed by atoms with Crippen molar-refractivity contribution in [2.75, 3.05) is 23.7 Å². The normalized spacial score (nSPS) is 11.9. The van der Waals surface area contributed by atoms with Crippen LogP contribution in [0.5, 0.6) is 0 Å². The SMILES string of the molecule is Cc1ccc(S(=O)(=O)Nc2nc(C(Cl)(Cl)Cl)nc(N(C)C)c2-c2ccccc2)cc1. The van der Waals surface area contributed by atoms with Gasteiger partial charge in [-0.3, -0.25) is 4.72 Å². The Bertz CT molecular complexity index is 1150. The van der Waals surface area contributed by atoms with Crippen LogP contribution in [0.4, 0.5) is 11.6 Å². The van der Waals surface area contributed by atoms with Gasteiger partial charge in [0.2, 0.25) is 3.79 Å². The monoisotopic (exact) mass is 484 g/mol. The summed E-state index contributed by atoms with van der Waals surface area (Å²) in [5, 5.41) is 0. The molecule has 3 rings (SSSR count). The van der Waals surface area contributed by atoms with Crippen LogP contribution in [-0.2, 0) is 13.8 Å². The van der Waals surface area contributed by atoms with Gasteiger partial charge < -0.3 is 4.90 Å². The molecule has 10 heteroatoms. The molecule has 0 unspecified atom stereocenters. The zero-order valence-corrected chi connectivity index (χ0v) is 19.5. The Kier molecular flexibility index (Phi) is 6.48. The molecule has 0 saturated heterocycles. The van der Waals surface area contributed by atoms with Crippen molar-refractivity contribution < 1.29 is 8.42 Å². The number of rotatable bonds is 5. The Morgan fingerprint density at radius 3 is 2.07 bits per heavy atom. The number of sulfonamides is 1. The van der Waals surface area contributed by atoms with E-state index < -0.39 is 13.8 Å². The molecule has 0 spiro atoms. The molecular weight excluding hydrogens is 467 g/mol. The van der Waals surface area contributed by atoms with Gasteiger partial charge in [0.15, 0.2) is 11.6 Å². The second kappa shape index (κ2) is 8.59. The highest BCUT2D eigenvalue weighted by Crippen LogP contribution is 2.41. The van der Waals surface area contributed by atoms with Crippen LogP contribution in [0.25, 0.3) is 11.1 Å². The molecule has 1 N–H and O–H groups in total. The number of aryl methyl sites for hydroxylation is 1. The molecule has 1 aromatic heterocycles. The molecule has 30 heavy (non-hydrogen) atoms. The van der Waals surface area contributed by atoms with Crippen molar-refractivity contribution in [3.05, 3.63) is 66.0 Å². The first kappa shape index (κ1) is 22.6. The first-order valence-electron chi connectivity index (χ1n) is 8.80. The predicted octanol–water partition coefficient (Wildman–Crippen LogP) is 5.15. The number of alkyl halides is 3. The van der Waals surface area contributed by atoms with E-state index >= 15 is 0 Å². The smallest absolute Gasteiger partial charge is 0.263 e. The van der Waals surface area contributed by atoms with Crippen LogP contribution in [0.3, 0.4) is 0 Å². The van der Waals surface area contributed by atoms with Crippen LogP contribution in [0.15, 0.2) is 59.5 Å². The Labute approximate surface area is 190 Å². The van der Waals surface area contributed by atoms with Gasteiger partial charge in [0.25, 0.3) is 10.0 Å². The van der Waals surface area contributed by atoms with Crippen LogP contribution in [-0.4, -0.2) is 32.5 Å². The van der Waals surface area contributed by atoms with Gasteiger partial charge >= 0.3 is 0 Å². The molecule has 0 radical (unpaired) electrons. The summed E-state index contributed by atoms with van der Waals surface area (Å²) in [6.07, 6.45) is 0. The van der Waals surface area contributed by atoms with Crippen molar-refractivity contribution in [2.45, 2.75) is 15.6 Å². The number of hydrogen-bond acceptors (Lipinski definition) is 5. The van der Waals surface area contributed by atoms with E-state index in [0.29, 0.717) is 16.9 Å². The van der Waals surface area contributed by atoms with Crippen molar-refractivity contribution in [3.8, 4) is 11.1 Å². The number of nitrogens with zero attached hydrogens (tertiary/aromatic N) is 3. The Morgan fingerprint density at radius 2 is 1.53 bits per heavy atom. The highest BCUT2D eigenvalue weighted by Gasteiger charge is 2.31. The Morgan fingerprint density at radius 1 is 0.933 bits per heavy atom. The Balaban J connectivity index is 2.25. The maximum Gasteiger partial charge on any atom is 0.263 e. The topological polar surface area (TPSA) is 75.2 Å². The van der Waals surface area contributed by atoms with E-state index in [-0.39, 0.29) is 16.5 Å².